The molecule has 0 bridgehead atoms. The van der Waals surface area contributed by atoms with Crippen molar-refractivity contribution >= 4 is 46.9 Å². The van der Waals surface area contributed by atoms with Crippen LogP contribution in [-0.4, -0.2) is 74.5 Å². The fourth-order valence-corrected chi connectivity index (χ4v) is 3.96. The summed E-state index contributed by atoms with van der Waals surface area (Å²) >= 11 is 6.40. The zero-order valence-electron chi connectivity index (χ0n) is 21.5. The molecule has 1 heterocycles. The Labute approximate surface area is 230 Å². The Kier molecular flexibility index (Phi) is 10.6. The van der Waals surface area contributed by atoms with Crippen molar-refractivity contribution in [3.63, 3.8) is 0 Å². The van der Waals surface area contributed by atoms with Crippen molar-refractivity contribution in [1.29, 1.82) is 0 Å². The second-order valence-electron chi connectivity index (χ2n) is 8.44. The molecule has 0 spiro atoms. The van der Waals surface area contributed by atoms with Gasteiger partial charge in [-0.25, -0.2) is 0 Å². The lowest BCUT2D eigenvalue weighted by Crippen LogP contribution is -2.48. The predicted octanol–water partition coefficient (Wildman–Crippen LogP) is 1.45. The van der Waals surface area contributed by atoms with Crippen LogP contribution in [0.25, 0.3) is 0 Å². The monoisotopic (exact) mass is 560 g/mol. The van der Waals surface area contributed by atoms with E-state index >= 15 is 0 Å². The summed E-state index contributed by atoms with van der Waals surface area (Å²) in [7, 11) is 1.45. The summed E-state index contributed by atoms with van der Waals surface area (Å²) in [5, 5.41) is 0.111. The molecule has 0 fully saturated rings. The molecule has 39 heavy (non-hydrogen) atoms. The fraction of sp³-hybridized carbons (Fsp3) is 0.346. The van der Waals surface area contributed by atoms with Gasteiger partial charge in [-0.1, -0.05) is 29.8 Å². The molecule has 0 unspecified atom stereocenters. The number of nitrogens with one attached hydrogen (secondary N) is 2. The van der Waals surface area contributed by atoms with E-state index in [4.69, 9.17) is 25.8 Å². The number of halogens is 1. The number of benzene rings is 2. The van der Waals surface area contributed by atoms with E-state index in [1.54, 1.807) is 30.3 Å². The first-order chi connectivity index (χ1) is 18.7. The van der Waals surface area contributed by atoms with Crippen molar-refractivity contribution in [3.05, 3.63) is 58.6 Å². The molecule has 1 aliphatic rings. The van der Waals surface area contributed by atoms with Crippen LogP contribution in [0.15, 0.2) is 42.5 Å². The zero-order valence-corrected chi connectivity index (χ0v) is 22.3. The number of hydrazine groups is 1. The fourth-order valence-electron chi connectivity index (χ4n) is 3.71. The quantitative estimate of drug-likeness (QED) is 0.252. The average Bonchev–Trinajstić information content (AvgIpc) is 3.04. The Bertz CT molecular complexity index is 1240. The van der Waals surface area contributed by atoms with Gasteiger partial charge in [-0.05, 0) is 29.8 Å². The number of methoxy groups -OCH3 is 1. The van der Waals surface area contributed by atoms with Gasteiger partial charge in [-0.2, -0.15) is 0 Å². The van der Waals surface area contributed by atoms with Crippen LogP contribution in [0.1, 0.15) is 29.3 Å². The highest BCUT2D eigenvalue weighted by Gasteiger charge is 2.31. The topological polar surface area (TPSA) is 144 Å². The van der Waals surface area contributed by atoms with Crippen molar-refractivity contribution in [1.82, 2.24) is 15.8 Å². The molecule has 3 rings (SSSR count). The van der Waals surface area contributed by atoms with Gasteiger partial charge in [0.15, 0.2) is 0 Å². The number of para-hydroxylation sites is 1. The Morgan fingerprint density at radius 1 is 0.974 bits per heavy atom. The summed E-state index contributed by atoms with van der Waals surface area (Å²) in [6.45, 7) is 1.07. The number of rotatable bonds is 10. The highest BCUT2D eigenvalue weighted by Crippen LogP contribution is 2.30. The molecule has 0 aliphatic carbocycles. The maximum Gasteiger partial charge on any atom is 0.302 e. The highest BCUT2D eigenvalue weighted by molar-refractivity contribution is 6.34. The van der Waals surface area contributed by atoms with Crippen LogP contribution in [0.5, 0.6) is 5.75 Å². The smallest absolute Gasteiger partial charge is 0.302 e. The van der Waals surface area contributed by atoms with E-state index in [0.717, 1.165) is 0 Å². The summed E-state index contributed by atoms with van der Waals surface area (Å²) < 4.78 is 15.1. The summed E-state index contributed by atoms with van der Waals surface area (Å²) in [6, 6.07) is 11.5. The largest absolute Gasteiger partial charge is 0.490 e. The van der Waals surface area contributed by atoms with E-state index < -0.39 is 29.6 Å². The van der Waals surface area contributed by atoms with E-state index in [1.165, 1.54) is 36.0 Å². The molecule has 0 saturated heterocycles. The van der Waals surface area contributed by atoms with Crippen LogP contribution >= 0.6 is 11.6 Å². The van der Waals surface area contributed by atoms with E-state index in [9.17, 15) is 24.0 Å². The van der Waals surface area contributed by atoms with Crippen molar-refractivity contribution < 1.29 is 38.2 Å². The number of nitrogens with zero attached hydrogens (tertiary/aromatic N) is 2. The molecule has 0 atom stereocenters. The normalized spacial score (nSPS) is 12.7. The van der Waals surface area contributed by atoms with Gasteiger partial charge in [0.05, 0.1) is 23.6 Å². The van der Waals surface area contributed by atoms with E-state index in [1.807, 2.05) is 0 Å². The van der Waals surface area contributed by atoms with Crippen LogP contribution in [-0.2, 0) is 35.2 Å². The average molecular weight is 561 g/mol. The number of hydrogen-bond acceptors (Lipinski definition) is 8. The second-order valence-corrected chi connectivity index (χ2v) is 8.85. The lowest BCUT2D eigenvalue weighted by Gasteiger charge is -2.23. The molecule has 0 saturated carbocycles. The van der Waals surface area contributed by atoms with Gasteiger partial charge in [-0.3, -0.25) is 39.7 Å². The number of fused-ring (bicyclic) bond motifs is 1. The minimum Gasteiger partial charge on any atom is -0.490 e. The first kappa shape index (κ1) is 29.4. The number of amides is 4. The zero-order chi connectivity index (χ0) is 28.4. The summed E-state index contributed by atoms with van der Waals surface area (Å²) in [4.78, 5) is 64.3. The third-order valence-electron chi connectivity index (χ3n) is 5.57. The van der Waals surface area contributed by atoms with Gasteiger partial charge in [0.25, 0.3) is 11.8 Å². The molecule has 0 radical (unpaired) electrons. The van der Waals surface area contributed by atoms with Crippen LogP contribution in [0.2, 0.25) is 5.02 Å². The van der Waals surface area contributed by atoms with Crippen molar-refractivity contribution in [2.24, 2.45) is 0 Å². The summed E-state index contributed by atoms with van der Waals surface area (Å²) in [5.74, 6) is -2.06. The lowest BCUT2D eigenvalue weighted by atomic mass is 10.1. The van der Waals surface area contributed by atoms with Crippen molar-refractivity contribution in [3.8, 4) is 5.75 Å². The third kappa shape index (κ3) is 8.42. The number of ether oxygens (including phenoxy) is 3. The standard InChI is InChI=1S/C26H29ClN4O8/c1-17(32)38-11-12-39-19-7-8-20(21(27)13-19)26(36)31-16-25(35)30(14-18-5-3-4-6-22(18)31)15-24(34)29-28-23(33)9-10-37-2/h3-8,13H,9-12,14-16H2,1-2H3,(H,28,33)(H,29,34). The molecule has 12 nitrogen and oxygen atoms in total. The number of anilines is 1. The predicted molar refractivity (Wildman–Crippen MR) is 140 cm³/mol. The van der Waals surface area contributed by atoms with Crippen molar-refractivity contribution in [2.45, 2.75) is 19.9 Å². The van der Waals surface area contributed by atoms with Crippen LogP contribution in [0.3, 0.4) is 0 Å². The molecular weight excluding hydrogens is 532 g/mol. The molecule has 208 valence electrons. The maximum atomic E-state index is 13.6. The van der Waals surface area contributed by atoms with Gasteiger partial charge >= 0.3 is 5.97 Å². The molecule has 2 aromatic carbocycles. The van der Waals surface area contributed by atoms with Crippen LogP contribution in [0, 0.1) is 0 Å². The second kappa shape index (κ2) is 14.1. The summed E-state index contributed by atoms with van der Waals surface area (Å²) in [5.41, 5.74) is 5.85. The van der Waals surface area contributed by atoms with Crippen molar-refractivity contribution in [2.75, 3.05) is 44.9 Å². The molecule has 0 aromatic heterocycles. The van der Waals surface area contributed by atoms with Crippen LogP contribution < -0.4 is 20.5 Å². The van der Waals surface area contributed by atoms with Gasteiger partial charge in [-0.15, -0.1) is 0 Å². The highest BCUT2D eigenvalue weighted by atomic mass is 35.5. The molecule has 13 heteroatoms. The Hall–Kier alpha value is -4.16. The van der Waals surface area contributed by atoms with Gasteiger partial charge in [0.2, 0.25) is 11.8 Å². The minimum absolute atomic E-state index is 0.0633. The number of carbonyl (C=O) groups is 5. The first-order valence-corrected chi connectivity index (χ1v) is 12.4. The van der Waals surface area contributed by atoms with Crippen LogP contribution in [0.4, 0.5) is 5.69 Å². The SMILES string of the molecule is COCCC(=O)NNC(=O)CN1Cc2ccccc2N(C(=O)c2ccc(OCCOC(C)=O)cc2Cl)CC1=O. The molecule has 4 amide bonds. The van der Waals surface area contributed by atoms with Gasteiger partial charge in [0, 0.05) is 26.3 Å². The van der Waals surface area contributed by atoms with E-state index in [0.29, 0.717) is 17.0 Å². The number of hydrogen-bond donors (Lipinski definition) is 2. The van der Waals surface area contributed by atoms with E-state index in [-0.39, 0.29) is 56.5 Å². The molecule has 2 aromatic rings. The molecular formula is C26H29ClN4O8. The third-order valence-corrected chi connectivity index (χ3v) is 5.88. The Balaban J connectivity index is 1.71. The van der Waals surface area contributed by atoms with Gasteiger partial charge in [0.1, 0.15) is 32.1 Å². The number of esters is 1. The molecule has 2 N–H and O–H groups in total. The Morgan fingerprint density at radius 3 is 2.44 bits per heavy atom. The first-order valence-electron chi connectivity index (χ1n) is 12.0. The minimum atomic E-state index is -0.598. The maximum absolute atomic E-state index is 13.6. The van der Waals surface area contributed by atoms with Gasteiger partial charge < -0.3 is 19.1 Å². The van der Waals surface area contributed by atoms with E-state index in [2.05, 4.69) is 10.9 Å². The summed E-state index contributed by atoms with van der Waals surface area (Å²) in [6.07, 6.45) is 0.0633. The Morgan fingerprint density at radius 2 is 1.72 bits per heavy atom. The lowest BCUT2D eigenvalue weighted by molar-refractivity contribution is -0.141. The number of carbonyl (C=O) groups excluding carboxylic acids is 5. The molecule has 1 aliphatic heterocycles.